The average molecular weight is 475 g/mol. The minimum atomic E-state index is -1.30. The van der Waals surface area contributed by atoms with Crippen LogP contribution in [-0.4, -0.2) is 77.1 Å². The first-order valence-electron chi connectivity index (χ1n) is 11.0. The van der Waals surface area contributed by atoms with Gasteiger partial charge in [0.05, 0.1) is 6.04 Å². The van der Waals surface area contributed by atoms with Gasteiger partial charge in [0.2, 0.25) is 17.7 Å². The summed E-state index contributed by atoms with van der Waals surface area (Å²) in [6.07, 6.45) is 2.38. The number of carboxylic acids is 2. The Kier molecular flexibility index (Phi) is 15.4. The molecule has 3 amide bonds. The lowest BCUT2D eigenvalue weighted by Crippen LogP contribution is -2.56. The number of aliphatic carboxylic acids is 2. The van der Waals surface area contributed by atoms with Crippen LogP contribution in [0.3, 0.4) is 0 Å². The van der Waals surface area contributed by atoms with Gasteiger partial charge in [-0.3, -0.25) is 24.0 Å². The van der Waals surface area contributed by atoms with Crippen LogP contribution in [0.25, 0.3) is 0 Å². The topological polar surface area (TPSA) is 240 Å². The van der Waals surface area contributed by atoms with Crippen LogP contribution < -0.4 is 33.2 Å². The molecule has 190 valence electrons. The molecule has 0 radical (unpaired) electrons. The second-order valence-electron chi connectivity index (χ2n) is 7.80. The maximum Gasteiger partial charge on any atom is 0.325 e. The smallest absolute Gasteiger partial charge is 0.325 e. The van der Waals surface area contributed by atoms with Crippen molar-refractivity contribution in [1.29, 1.82) is 0 Å². The van der Waals surface area contributed by atoms with Crippen LogP contribution in [0.2, 0.25) is 0 Å². The molecule has 0 heterocycles. The molecule has 0 aliphatic rings. The van der Waals surface area contributed by atoms with Crippen molar-refractivity contribution in [3.05, 3.63) is 0 Å². The number of nitrogens with two attached hydrogens (primary N) is 3. The van der Waals surface area contributed by atoms with Crippen molar-refractivity contribution in [1.82, 2.24) is 16.0 Å². The Bertz CT molecular complexity index is 661. The molecule has 4 unspecified atom stereocenters. The van der Waals surface area contributed by atoms with Crippen LogP contribution in [0.5, 0.6) is 0 Å². The summed E-state index contributed by atoms with van der Waals surface area (Å²) in [6, 6.07) is -4.42. The predicted molar refractivity (Wildman–Crippen MR) is 120 cm³/mol. The highest BCUT2D eigenvalue weighted by Crippen LogP contribution is 2.06. The summed E-state index contributed by atoms with van der Waals surface area (Å²) in [4.78, 5) is 59.7. The fourth-order valence-corrected chi connectivity index (χ4v) is 2.86. The number of unbranched alkanes of at least 4 members (excludes halogenated alkanes) is 2. The van der Waals surface area contributed by atoms with Gasteiger partial charge in [-0.15, -0.1) is 0 Å². The second kappa shape index (κ2) is 16.8. The number of carbonyl (C=O) groups excluding carboxylic acids is 3. The third kappa shape index (κ3) is 13.4. The summed E-state index contributed by atoms with van der Waals surface area (Å²) >= 11 is 0. The monoisotopic (exact) mass is 474 g/mol. The van der Waals surface area contributed by atoms with Crippen LogP contribution >= 0.6 is 0 Å². The number of hydrogen-bond donors (Lipinski definition) is 8. The van der Waals surface area contributed by atoms with Crippen molar-refractivity contribution in [3.8, 4) is 0 Å². The number of nitrogens with one attached hydrogen (secondary N) is 3. The molecule has 33 heavy (non-hydrogen) atoms. The summed E-state index contributed by atoms with van der Waals surface area (Å²) in [5.74, 6) is -4.56. The molecule has 0 aromatic carbocycles. The molecule has 0 aliphatic heterocycles. The van der Waals surface area contributed by atoms with Crippen LogP contribution in [-0.2, 0) is 24.0 Å². The highest BCUT2D eigenvalue weighted by atomic mass is 16.4. The molecular weight excluding hydrogens is 436 g/mol. The molecule has 0 aromatic rings. The van der Waals surface area contributed by atoms with E-state index in [-0.39, 0.29) is 12.8 Å². The quantitative estimate of drug-likeness (QED) is 0.102. The zero-order valence-electron chi connectivity index (χ0n) is 19.0. The second-order valence-corrected chi connectivity index (χ2v) is 7.80. The molecule has 13 nitrogen and oxygen atoms in total. The zero-order valence-corrected chi connectivity index (χ0v) is 19.0. The molecule has 0 spiro atoms. The van der Waals surface area contributed by atoms with Gasteiger partial charge in [0.1, 0.15) is 18.1 Å². The van der Waals surface area contributed by atoms with Gasteiger partial charge < -0.3 is 43.4 Å². The van der Waals surface area contributed by atoms with E-state index >= 15 is 0 Å². The van der Waals surface area contributed by atoms with Gasteiger partial charge in [-0.05, 0) is 58.5 Å². The van der Waals surface area contributed by atoms with E-state index in [9.17, 15) is 24.0 Å². The van der Waals surface area contributed by atoms with Crippen LogP contribution in [0.15, 0.2) is 0 Å². The van der Waals surface area contributed by atoms with Crippen LogP contribution in [0, 0.1) is 0 Å². The maximum atomic E-state index is 12.9. The lowest BCUT2D eigenvalue weighted by atomic mass is 10.0. The van der Waals surface area contributed by atoms with E-state index in [1.165, 1.54) is 6.92 Å². The van der Waals surface area contributed by atoms with Gasteiger partial charge >= 0.3 is 11.9 Å². The molecule has 0 aliphatic carbocycles. The SMILES string of the molecule is CC(NC(=O)C(CCC(=O)O)NC(=O)C(CCCCN)NC(=O)C(N)CCCCN)C(=O)O. The third-order valence-corrected chi connectivity index (χ3v) is 4.89. The standard InChI is InChI=1S/C20H38N6O7/c1-12(20(32)33)24-18(30)15(8-9-16(27)28)26-19(31)14(7-3-5-11-22)25-17(29)13(23)6-2-4-10-21/h12-15H,2-11,21-23H2,1H3,(H,24,30)(H,25,29)(H,26,31)(H,27,28)(H,32,33). The normalized spacial score (nSPS) is 14.4. The molecule has 0 saturated carbocycles. The van der Waals surface area contributed by atoms with Crippen molar-refractivity contribution < 1.29 is 34.2 Å². The lowest BCUT2D eigenvalue weighted by Gasteiger charge is -2.24. The van der Waals surface area contributed by atoms with Gasteiger partial charge in [0.15, 0.2) is 0 Å². The number of carbonyl (C=O) groups is 5. The Morgan fingerprint density at radius 1 is 0.727 bits per heavy atom. The first kappa shape index (κ1) is 30.2. The van der Waals surface area contributed by atoms with E-state index in [2.05, 4.69) is 16.0 Å². The number of carboxylic acid groups (broad SMARTS) is 2. The van der Waals surface area contributed by atoms with Crippen molar-refractivity contribution in [2.24, 2.45) is 17.2 Å². The number of rotatable bonds is 18. The average Bonchev–Trinajstić information content (AvgIpc) is 2.75. The molecule has 4 atom stereocenters. The molecule has 0 rings (SSSR count). The van der Waals surface area contributed by atoms with Crippen molar-refractivity contribution >= 4 is 29.7 Å². The van der Waals surface area contributed by atoms with Crippen LogP contribution in [0.4, 0.5) is 0 Å². The molecule has 0 aromatic heterocycles. The minimum Gasteiger partial charge on any atom is -0.481 e. The Hall–Kier alpha value is -2.77. The van der Waals surface area contributed by atoms with E-state index < -0.39 is 60.2 Å². The minimum absolute atomic E-state index is 0.225. The Morgan fingerprint density at radius 2 is 1.21 bits per heavy atom. The highest BCUT2D eigenvalue weighted by Gasteiger charge is 2.29. The largest absolute Gasteiger partial charge is 0.481 e. The molecule has 13 heteroatoms. The van der Waals surface area contributed by atoms with Crippen molar-refractivity contribution in [2.75, 3.05) is 13.1 Å². The van der Waals surface area contributed by atoms with E-state index in [4.69, 9.17) is 27.4 Å². The fourth-order valence-electron chi connectivity index (χ4n) is 2.86. The molecule has 11 N–H and O–H groups in total. The molecular formula is C20H38N6O7. The number of hydrogen-bond acceptors (Lipinski definition) is 8. The summed E-state index contributed by atoms with van der Waals surface area (Å²) in [5, 5.41) is 25.1. The first-order valence-corrected chi connectivity index (χ1v) is 11.0. The fraction of sp³-hybridized carbons (Fsp3) is 0.750. The summed E-state index contributed by atoms with van der Waals surface area (Å²) < 4.78 is 0. The third-order valence-electron chi connectivity index (χ3n) is 4.89. The van der Waals surface area contributed by atoms with Gasteiger partial charge in [-0.25, -0.2) is 0 Å². The van der Waals surface area contributed by atoms with Gasteiger partial charge in [-0.1, -0.05) is 6.42 Å². The summed E-state index contributed by atoms with van der Waals surface area (Å²) in [6.45, 7) is 2.09. The molecule has 0 saturated heterocycles. The highest BCUT2D eigenvalue weighted by molar-refractivity contribution is 5.94. The van der Waals surface area contributed by atoms with E-state index in [0.29, 0.717) is 45.2 Å². The van der Waals surface area contributed by atoms with Gasteiger partial charge in [-0.2, -0.15) is 0 Å². The molecule has 0 fully saturated rings. The first-order chi connectivity index (χ1) is 15.5. The Labute approximate surface area is 193 Å². The molecule has 0 bridgehead atoms. The van der Waals surface area contributed by atoms with Gasteiger partial charge in [0.25, 0.3) is 0 Å². The van der Waals surface area contributed by atoms with Crippen LogP contribution in [0.1, 0.15) is 58.3 Å². The maximum absolute atomic E-state index is 12.9. The van der Waals surface area contributed by atoms with Gasteiger partial charge in [0, 0.05) is 6.42 Å². The summed E-state index contributed by atoms with van der Waals surface area (Å²) in [5.41, 5.74) is 16.8. The lowest BCUT2D eigenvalue weighted by molar-refractivity contribution is -0.142. The number of amides is 3. The summed E-state index contributed by atoms with van der Waals surface area (Å²) in [7, 11) is 0. The predicted octanol–water partition coefficient (Wildman–Crippen LogP) is -2.00. The van der Waals surface area contributed by atoms with Crippen molar-refractivity contribution in [2.45, 2.75) is 82.5 Å². The van der Waals surface area contributed by atoms with Crippen molar-refractivity contribution in [3.63, 3.8) is 0 Å². The Balaban J connectivity index is 5.33. The van der Waals surface area contributed by atoms with E-state index in [1.807, 2.05) is 0 Å². The van der Waals surface area contributed by atoms with E-state index in [0.717, 1.165) is 0 Å². The zero-order chi connectivity index (χ0) is 25.4. The Morgan fingerprint density at radius 3 is 1.73 bits per heavy atom. The van der Waals surface area contributed by atoms with E-state index in [1.54, 1.807) is 0 Å².